The first kappa shape index (κ1) is 25.8. The van der Waals surface area contributed by atoms with Crippen LogP contribution < -0.4 is 10.2 Å². The number of alkyl halides is 3. The number of aryl methyl sites for hydroxylation is 1. The van der Waals surface area contributed by atoms with Gasteiger partial charge in [0.25, 0.3) is 5.91 Å². The number of carbonyl (C=O) groups excluding carboxylic acids is 1. The van der Waals surface area contributed by atoms with Crippen molar-refractivity contribution in [2.45, 2.75) is 44.8 Å². The van der Waals surface area contributed by atoms with Crippen molar-refractivity contribution in [3.05, 3.63) is 101 Å². The highest BCUT2D eigenvalue weighted by Gasteiger charge is 2.30. The number of piperidine rings is 1. The van der Waals surface area contributed by atoms with Crippen LogP contribution in [0.3, 0.4) is 0 Å². The van der Waals surface area contributed by atoms with Crippen molar-refractivity contribution in [2.75, 3.05) is 18.0 Å². The molecule has 5 rings (SSSR count). The Hall–Kier alpha value is -3.88. The number of benzene rings is 2. The average Bonchev–Trinajstić information content (AvgIpc) is 3.29. The molecule has 0 spiro atoms. The second kappa shape index (κ2) is 10.5. The molecule has 0 atom stereocenters. The average molecular weight is 525 g/mol. The van der Waals surface area contributed by atoms with Gasteiger partial charge in [0.1, 0.15) is 17.2 Å². The zero-order valence-corrected chi connectivity index (χ0v) is 20.9. The van der Waals surface area contributed by atoms with E-state index < -0.39 is 17.6 Å². The van der Waals surface area contributed by atoms with E-state index in [1.54, 1.807) is 18.2 Å². The van der Waals surface area contributed by atoms with Crippen LogP contribution in [0.2, 0.25) is 0 Å². The Morgan fingerprint density at radius 3 is 2.32 bits per heavy atom. The molecule has 198 valence electrons. The molecule has 1 aliphatic rings. The minimum atomic E-state index is -4.32. The van der Waals surface area contributed by atoms with Gasteiger partial charge in [-0.1, -0.05) is 31.2 Å². The van der Waals surface area contributed by atoms with E-state index in [0.717, 1.165) is 54.9 Å². The lowest BCUT2D eigenvalue weighted by Gasteiger charge is -2.34. The Morgan fingerprint density at radius 2 is 1.68 bits per heavy atom. The Bertz CT molecular complexity index is 1420. The summed E-state index contributed by atoms with van der Waals surface area (Å²) in [4.78, 5) is 19.7. The lowest BCUT2D eigenvalue weighted by molar-refractivity contribution is -0.137. The van der Waals surface area contributed by atoms with Gasteiger partial charge in [0.2, 0.25) is 0 Å². The highest BCUT2D eigenvalue weighted by atomic mass is 19.4. The Balaban J connectivity index is 1.17. The van der Waals surface area contributed by atoms with Gasteiger partial charge in [-0.3, -0.25) is 9.20 Å². The first-order valence-electron chi connectivity index (χ1n) is 12.7. The van der Waals surface area contributed by atoms with Gasteiger partial charge in [0.05, 0.1) is 11.3 Å². The maximum Gasteiger partial charge on any atom is 0.416 e. The second-order valence-corrected chi connectivity index (χ2v) is 9.57. The highest BCUT2D eigenvalue weighted by Crippen LogP contribution is 2.34. The maximum atomic E-state index is 13.8. The summed E-state index contributed by atoms with van der Waals surface area (Å²) in [7, 11) is 0. The smallest absolute Gasteiger partial charge is 0.371 e. The second-order valence-electron chi connectivity index (χ2n) is 9.57. The van der Waals surface area contributed by atoms with E-state index >= 15 is 0 Å². The number of hydrogen-bond donors (Lipinski definition) is 1. The molecule has 5 nitrogen and oxygen atoms in total. The van der Waals surface area contributed by atoms with Crippen LogP contribution in [0.15, 0.2) is 66.9 Å². The summed E-state index contributed by atoms with van der Waals surface area (Å²) in [5, 5.41) is 2.92. The third-order valence-corrected chi connectivity index (χ3v) is 7.16. The molecule has 1 N–H and O–H groups in total. The fourth-order valence-corrected chi connectivity index (χ4v) is 5.06. The molecule has 2 aromatic carbocycles. The number of hydrogen-bond acceptors (Lipinski definition) is 3. The predicted octanol–water partition coefficient (Wildman–Crippen LogP) is 6.37. The summed E-state index contributed by atoms with van der Waals surface area (Å²) in [6.07, 6.45) is -0.767. The number of carbonyl (C=O) groups is 1. The number of pyridine rings is 1. The molecule has 3 heterocycles. The largest absolute Gasteiger partial charge is 0.416 e. The van der Waals surface area contributed by atoms with Crippen LogP contribution in [0.25, 0.3) is 5.65 Å². The van der Waals surface area contributed by atoms with Crippen LogP contribution in [0.1, 0.15) is 58.6 Å². The van der Waals surface area contributed by atoms with Crippen molar-refractivity contribution < 1.29 is 22.4 Å². The van der Waals surface area contributed by atoms with E-state index in [2.05, 4.69) is 15.2 Å². The first-order valence-corrected chi connectivity index (χ1v) is 12.7. The molecule has 2 aromatic heterocycles. The van der Waals surface area contributed by atoms with Gasteiger partial charge < -0.3 is 10.2 Å². The monoisotopic (exact) mass is 524 g/mol. The molecule has 0 radical (unpaired) electrons. The summed E-state index contributed by atoms with van der Waals surface area (Å²) in [6.45, 7) is 3.85. The van der Waals surface area contributed by atoms with Crippen molar-refractivity contribution in [2.24, 2.45) is 0 Å². The Labute approximate surface area is 218 Å². The Morgan fingerprint density at radius 1 is 1.00 bits per heavy atom. The summed E-state index contributed by atoms with van der Waals surface area (Å²) in [5.74, 6) is -0.510. The van der Waals surface area contributed by atoms with E-state index in [0.29, 0.717) is 30.0 Å². The minimum absolute atomic E-state index is 0.240. The molecule has 1 amide bonds. The number of anilines is 1. The number of nitrogens with zero attached hydrogens (tertiary/aromatic N) is 3. The standard InChI is InChI=1S/C29H28F4N4O/c1-2-25-27(37-18-23(30)9-12-26(37)35-25)28(38)34-17-19-3-10-24(11-4-19)36-15-13-21(14-16-36)20-5-7-22(8-6-20)29(31,32)33/h3-12,18,21H,2,13-17H2,1H3,(H,34,38). The lowest BCUT2D eigenvalue weighted by Crippen LogP contribution is -2.32. The molecule has 0 saturated carbocycles. The summed E-state index contributed by atoms with van der Waals surface area (Å²) in [6, 6.07) is 16.4. The van der Waals surface area contributed by atoms with Crippen molar-refractivity contribution >= 4 is 17.2 Å². The molecule has 1 saturated heterocycles. The van der Waals surface area contributed by atoms with Crippen LogP contribution in [-0.4, -0.2) is 28.4 Å². The first-order chi connectivity index (χ1) is 18.2. The summed E-state index contributed by atoms with van der Waals surface area (Å²) < 4.78 is 53.8. The maximum absolute atomic E-state index is 13.8. The molecule has 1 fully saturated rings. The molecule has 4 aromatic rings. The fraction of sp³-hybridized carbons (Fsp3) is 0.310. The van der Waals surface area contributed by atoms with Crippen molar-refractivity contribution in [3.8, 4) is 0 Å². The summed E-state index contributed by atoms with van der Waals surface area (Å²) >= 11 is 0. The quantitative estimate of drug-likeness (QED) is 0.298. The number of rotatable bonds is 6. The number of imidazole rings is 1. The highest BCUT2D eigenvalue weighted by molar-refractivity contribution is 5.94. The predicted molar refractivity (Wildman–Crippen MR) is 138 cm³/mol. The van der Waals surface area contributed by atoms with Gasteiger partial charge in [0, 0.05) is 31.5 Å². The van der Waals surface area contributed by atoms with Crippen LogP contribution >= 0.6 is 0 Å². The molecular weight excluding hydrogens is 496 g/mol. The van der Waals surface area contributed by atoms with E-state index in [1.165, 1.54) is 16.7 Å². The Kier molecular flexibility index (Phi) is 7.10. The fourth-order valence-electron chi connectivity index (χ4n) is 5.06. The topological polar surface area (TPSA) is 49.6 Å². The zero-order valence-electron chi connectivity index (χ0n) is 20.9. The molecular formula is C29H28F4N4O. The molecule has 38 heavy (non-hydrogen) atoms. The van der Waals surface area contributed by atoms with E-state index in [1.807, 2.05) is 31.2 Å². The summed E-state index contributed by atoms with van der Waals surface area (Å²) in [5.41, 5.74) is 3.81. The number of fused-ring (bicyclic) bond motifs is 1. The zero-order chi connectivity index (χ0) is 26.9. The molecule has 0 bridgehead atoms. The van der Waals surface area contributed by atoms with Gasteiger partial charge >= 0.3 is 6.18 Å². The van der Waals surface area contributed by atoms with Crippen LogP contribution in [0.5, 0.6) is 0 Å². The number of halogens is 4. The van der Waals surface area contributed by atoms with Gasteiger partial charge in [0.15, 0.2) is 0 Å². The van der Waals surface area contributed by atoms with Crippen molar-refractivity contribution in [3.63, 3.8) is 0 Å². The van der Waals surface area contributed by atoms with E-state index in [-0.39, 0.29) is 11.8 Å². The number of nitrogens with one attached hydrogen (secondary N) is 1. The van der Waals surface area contributed by atoms with Gasteiger partial charge in [-0.15, -0.1) is 0 Å². The molecule has 9 heteroatoms. The van der Waals surface area contributed by atoms with Gasteiger partial charge in [-0.2, -0.15) is 13.2 Å². The van der Waals surface area contributed by atoms with Crippen molar-refractivity contribution in [1.82, 2.24) is 14.7 Å². The number of aromatic nitrogens is 2. The SMILES string of the molecule is CCc1nc2ccc(F)cn2c1C(=O)NCc1ccc(N2CCC(c3ccc(C(F)(F)F)cc3)CC2)cc1. The van der Waals surface area contributed by atoms with Gasteiger partial charge in [-0.05, 0) is 72.7 Å². The molecule has 0 unspecified atom stereocenters. The molecule has 0 aliphatic carbocycles. The minimum Gasteiger partial charge on any atom is -0.371 e. The van der Waals surface area contributed by atoms with Crippen molar-refractivity contribution in [1.29, 1.82) is 0 Å². The van der Waals surface area contributed by atoms with Crippen LogP contribution in [0, 0.1) is 5.82 Å². The lowest BCUT2D eigenvalue weighted by atomic mass is 9.88. The van der Waals surface area contributed by atoms with Crippen LogP contribution in [0.4, 0.5) is 23.2 Å². The van der Waals surface area contributed by atoms with E-state index in [9.17, 15) is 22.4 Å². The van der Waals surface area contributed by atoms with Gasteiger partial charge in [-0.25, -0.2) is 9.37 Å². The van der Waals surface area contributed by atoms with Crippen LogP contribution in [-0.2, 0) is 19.1 Å². The normalized spacial score (nSPS) is 14.7. The number of amides is 1. The molecule has 1 aliphatic heterocycles. The van der Waals surface area contributed by atoms with E-state index in [4.69, 9.17) is 0 Å². The third-order valence-electron chi connectivity index (χ3n) is 7.16. The third kappa shape index (κ3) is 5.37.